The predicted octanol–water partition coefficient (Wildman–Crippen LogP) is 2.77. The fraction of sp³-hybridized carbons (Fsp3) is 0.632. The molecule has 1 aliphatic heterocycles. The van der Waals surface area contributed by atoms with Crippen LogP contribution in [0.3, 0.4) is 0 Å². The molecule has 144 valence electrons. The van der Waals surface area contributed by atoms with Crippen molar-refractivity contribution in [2.24, 2.45) is 10.9 Å². The average molecular weight is 361 g/mol. The van der Waals surface area contributed by atoms with Gasteiger partial charge >= 0.3 is 0 Å². The summed E-state index contributed by atoms with van der Waals surface area (Å²) in [5, 5.41) is 17.6. The average Bonchev–Trinajstić information content (AvgIpc) is 2.64. The van der Waals surface area contributed by atoms with Gasteiger partial charge in [0, 0.05) is 19.2 Å². The third kappa shape index (κ3) is 6.63. The van der Waals surface area contributed by atoms with Crippen molar-refractivity contribution in [3.8, 4) is 0 Å². The number of hydrogen-bond acceptors (Lipinski definition) is 4. The van der Waals surface area contributed by atoms with E-state index in [1.54, 1.807) is 18.2 Å². The Morgan fingerprint density at radius 1 is 1.31 bits per heavy atom. The molecule has 1 aromatic carbocycles. The lowest BCUT2D eigenvalue weighted by molar-refractivity contribution is -0.385. The monoisotopic (exact) mass is 361 g/mol. The molecule has 0 unspecified atom stereocenters. The van der Waals surface area contributed by atoms with E-state index in [1.807, 2.05) is 6.92 Å². The van der Waals surface area contributed by atoms with Gasteiger partial charge in [-0.25, -0.2) is 4.99 Å². The molecular weight excluding hydrogens is 330 g/mol. The molecule has 1 heterocycles. The summed E-state index contributed by atoms with van der Waals surface area (Å²) in [5.74, 6) is 1.57. The van der Waals surface area contributed by atoms with E-state index in [2.05, 4.69) is 27.4 Å². The highest BCUT2D eigenvalue weighted by Crippen LogP contribution is 2.18. The Hall–Kier alpha value is -2.15. The summed E-state index contributed by atoms with van der Waals surface area (Å²) in [6.07, 6.45) is 3.66. The van der Waals surface area contributed by atoms with E-state index in [4.69, 9.17) is 0 Å². The number of hydrogen-bond donors (Lipinski definition) is 2. The number of nitrogens with one attached hydrogen (secondary N) is 2. The second-order valence-electron chi connectivity index (χ2n) is 6.89. The van der Waals surface area contributed by atoms with E-state index >= 15 is 0 Å². The van der Waals surface area contributed by atoms with Gasteiger partial charge in [-0.1, -0.05) is 25.1 Å². The molecule has 1 fully saturated rings. The predicted molar refractivity (Wildman–Crippen MR) is 105 cm³/mol. The molecule has 0 aliphatic carbocycles. The van der Waals surface area contributed by atoms with Gasteiger partial charge in [0.05, 0.1) is 17.0 Å². The van der Waals surface area contributed by atoms with Crippen molar-refractivity contribution < 1.29 is 4.92 Å². The van der Waals surface area contributed by atoms with E-state index in [0.717, 1.165) is 32.0 Å². The maximum atomic E-state index is 11.1. The highest BCUT2D eigenvalue weighted by Gasteiger charge is 2.15. The zero-order valence-electron chi connectivity index (χ0n) is 15.9. The van der Waals surface area contributed by atoms with Crippen LogP contribution in [-0.2, 0) is 6.54 Å². The fourth-order valence-electron chi connectivity index (χ4n) is 3.12. The van der Waals surface area contributed by atoms with Crippen molar-refractivity contribution in [3.63, 3.8) is 0 Å². The minimum atomic E-state index is -0.356. The van der Waals surface area contributed by atoms with Crippen LogP contribution in [0.25, 0.3) is 0 Å². The van der Waals surface area contributed by atoms with Crippen molar-refractivity contribution in [2.75, 3.05) is 32.7 Å². The molecule has 0 saturated carbocycles. The standard InChI is InChI=1S/C19H31N5O2/c1-3-20-19(21-11-6-12-23-13-9-16(2)10-14-23)22-15-17-7-4-5-8-18(17)24(25)26/h4-5,7-8,16H,3,6,9-15H2,1-2H3,(H2,20,21,22). The van der Waals surface area contributed by atoms with Gasteiger partial charge in [0.25, 0.3) is 5.69 Å². The van der Waals surface area contributed by atoms with Gasteiger partial charge in [-0.15, -0.1) is 0 Å². The summed E-state index contributed by atoms with van der Waals surface area (Å²) in [6.45, 7) is 9.73. The van der Waals surface area contributed by atoms with Gasteiger partial charge in [-0.3, -0.25) is 10.1 Å². The van der Waals surface area contributed by atoms with Crippen LogP contribution in [0.4, 0.5) is 5.69 Å². The second-order valence-corrected chi connectivity index (χ2v) is 6.89. The second kappa shape index (κ2) is 10.8. The third-order valence-electron chi connectivity index (χ3n) is 4.76. The van der Waals surface area contributed by atoms with E-state index < -0.39 is 0 Å². The molecule has 1 aliphatic rings. The molecule has 1 aromatic rings. The SMILES string of the molecule is CCNC(=NCc1ccccc1[N+](=O)[O-])NCCCN1CCC(C)CC1. The number of guanidine groups is 1. The summed E-state index contributed by atoms with van der Waals surface area (Å²) in [7, 11) is 0. The molecule has 26 heavy (non-hydrogen) atoms. The Labute approximate surface area is 156 Å². The number of benzene rings is 1. The lowest BCUT2D eigenvalue weighted by atomic mass is 9.99. The zero-order valence-corrected chi connectivity index (χ0v) is 15.9. The Balaban J connectivity index is 1.80. The first kappa shape index (κ1) is 20.2. The molecule has 7 heteroatoms. The van der Waals surface area contributed by atoms with Crippen LogP contribution < -0.4 is 10.6 Å². The van der Waals surface area contributed by atoms with Crippen LogP contribution in [-0.4, -0.2) is 48.5 Å². The number of likely N-dealkylation sites (tertiary alicyclic amines) is 1. The van der Waals surface area contributed by atoms with Gasteiger partial charge < -0.3 is 15.5 Å². The number of nitro groups is 1. The fourth-order valence-corrected chi connectivity index (χ4v) is 3.12. The van der Waals surface area contributed by atoms with E-state index in [-0.39, 0.29) is 17.2 Å². The summed E-state index contributed by atoms with van der Waals surface area (Å²) in [6, 6.07) is 6.75. The lowest BCUT2D eigenvalue weighted by Gasteiger charge is -2.30. The number of piperidine rings is 1. The van der Waals surface area contributed by atoms with Gasteiger partial charge in [0.15, 0.2) is 5.96 Å². The van der Waals surface area contributed by atoms with Crippen molar-refractivity contribution >= 4 is 11.6 Å². The number of nitrogens with zero attached hydrogens (tertiary/aromatic N) is 3. The first-order chi connectivity index (χ1) is 12.6. The number of para-hydroxylation sites is 1. The smallest absolute Gasteiger partial charge is 0.274 e. The minimum absolute atomic E-state index is 0.117. The molecule has 0 amide bonds. The van der Waals surface area contributed by atoms with Crippen LogP contribution >= 0.6 is 0 Å². The molecule has 1 saturated heterocycles. The zero-order chi connectivity index (χ0) is 18.8. The van der Waals surface area contributed by atoms with Gasteiger partial charge in [0.2, 0.25) is 0 Å². The molecule has 0 radical (unpaired) electrons. The van der Waals surface area contributed by atoms with Crippen LogP contribution in [0, 0.1) is 16.0 Å². The van der Waals surface area contributed by atoms with E-state index in [9.17, 15) is 10.1 Å². The molecule has 2 rings (SSSR count). The molecule has 0 spiro atoms. The molecule has 0 aromatic heterocycles. The Morgan fingerprint density at radius 3 is 2.73 bits per heavy atom. The first-order valence-corrected chi connectivity index (χ1v) is 9.57. The molecule has 2 N–H and O–H groups in total. The molecule has 7 nitrogen and oxygen atoms in total. The quantitative estimate of drug-likeness (QED) is 0.245. The maximum Gasteiger partial charge on any atom is 0.274 e. The summed E-state index contributed by atoms with van der Waals surface area (Å²) in [5.41, 5.74) is 0.739. The Kier molecular flexibility index (Phi) is 8.34. The number of rotatable bonds is 8. The van der Waals surface area contributed by atoms with E-state index in [1.165, 1.54) is 32.0 Å². The van der Waals surface area contributed by atoms with Crippen LogP contribution in [0.5, 0.6) is 0 Å². The highest BCUT2D eigenvalue weighted by atomic mass is 16.6. The molecular formula is C19H31N5O2. The third-order valence-corrected chi connectivity index (χ3v) is 4.76. The largest absolute Gasteiger partial charge is 0.357 e. The molecule has 0 bridgehead atoms. The Morgan fingerprint density at radius 2 is 2.04 bits per heavy atom. The van der Waals surface area contributed by atoms with Crippen molar-refractivity contribution in [2.45, 2.75) is 39.7 Å². The van der Waals surface area contributed by atoms with Crippen molar-refractivity contribution in [1.82, 2.24) is 15.5 Å². The summed E-state index contributed by atoms with van der Waals surface area (Å²) < 4.78 is 0. The van der Waals surface area contributed by atoms with E-state index in [0.29, 0.717) is 11.5 Å². The lowest BCUT2D eigenvalue weighted by Crippen LogP contribution is -2.39. The van der Waals surface area contributed by atoms with Crippen LogP contribution in [0.15, 0.2) is 29.3 Å². The van der Waals surface area contributed by atoms with Gasteiger partial charge in [-0.2, -0.15) is 0 Å². The van der Waals surface area contributed by atoms with Crippen LogP contribution in [0.1, 0.15) is 38.7 Å². The molecule has 0 atom stereocenters. The Bertz CT molecular complexity index is 597. The summed E-state index contributed by atoms with van der Waals surface area (Å²) >= 11 is 0. The van der Waals surface area contributed by atoms with Crippen molar-refractivity contribution in [1.29, 1.82) is 0 Å². The topological polar surface area (TPSA) is 82.8 Å². The van der Waals surface area contributed by atoms with Gasteiger partial charge in [0.1, 0.15) is 0 Å². The minimum Gasteiger partial charge on any atom is -0.357 e. The number of aliphatic imine (C=N–C) groups is 1. The van der Waals surface area contributed by atoms with Crippen LogP contribution in [0.2, 0.25) is 0 Å². The van der Waals surface area contributed by atoms with Gasteiger partial charge in [-0.05, 0) is 51.7 Å². The van der Waals surface area contributed by atoms with Crippen molar-refractivity contribution in [3.05, 3.63) is 39.9 Å². The first-order valence-electron chi connectivity index (χ1n) is 9.57. The normalized spacial score (nSPS) is 16.5. The summed E-state index contributed by atoms with van der Waals surface area (Å²) in [4.78, 5) is 17.8. The highest BCUT2D eigenvalue weighted by molar-refractivity contribution is 5.79. The maximum absolute atomic E-state index is 11.1. The number of nitro benzene ring substituents is 1.